The molecule has 0 radical (unpaired) electrons. The quantitative estimate of drug-likeness (QED) is 0.826. The first kappa shape index (κ1) is 14.1. The van der Waals surface area contributed by atoms with E-state index in [0.717, 1.165) is 18.2 Å². The summed E-state index contributed by atoms with van der Waals surface area (Å²) in [5, 5.41) is 3.44. The van der Waals surface area contributed by atoms with Crippen molar-refractivity contribution in [2.24, 2.45) is 17.8 Å². The zero-order chi connectivity index (χ0) is 14.0. The Balaban J connectivity index is 2.02. The standard InChI is InChI=1S/C15H26N4/c1-9(2)12(10(3)4)8-17-14-7-13(16)18-15(19-14)11-5-6-11/h7,9-12H,5-6,8H2,1-4H3,(H3,16,17,18,19). The number of hydrogen-bond donors (Lipinski definition) is 2. The van der Waals surface area contributed by atoms with E-state index in [9.17, 15) is 0 Å². The Kier molecular flexibility index (Phi) is 4.27. The van der Waals surface area contributed by atoms with Crippen molar-refractivity contribution in [3.05, 3.63) is 11.9 Å². The van der Waals surface area contributed by atoms with E-state index in [1.807, 2.05) is 6.07 Å². The lowest BCUT2D eigenvalue weighted by molar-refractivity contribution is 0.304. The smallest absolute Gasteiger partial charge is 0.136 e. The Labute approximate surface area is 116 Å². The topological polar surface area (TPSA) is 63.8 Å². The Morgan fingerprint density at radius 2 is 1.84 bits per heavy atom. The van der Waals surface area contributed by atoms with Crippen molar-refractivity contribution in [1.82, 2.24) is 9.97 Å². The molecule has 1 heterocycles. The molecule has 0 unspecified atom stereocenters. The maximum Gasteiger partial charge on any atom is 0.136 e. The highest BCUT2D eigenvalue weighted by Crippen LogP contribution is 2.38. The summed E-state index contributed by atoms with van der Waals surface area (Å²) in [6.45, 7) is 10.0. The number of nitrogen functional groups attached to an aromatic ring is 1. The van der Waals surface area contributed by atoms with Crippen LogP contribution in [0, 0.1) is 17.8 Å². The monoisotopic (exact) mass is 262 g/mol. The Morgan fingerprint density at radius 1 is 1.21 bits per heavy atom. The fraction of sp³-hybridized carbons (Fsp3) is 0.733. The second kappa shape index (κ2) is 5.76. The van der Waals surface area contributed by atoms with Crippen LogP contribution < -0.4 is 11.1 Å². The van der Waals surface area contributed by atoms with E-state index >= 15 is 0 Å². The number of rotatable bonds is 6. The molecule has 1 saturated carbocycles. The van der Waals surface area contributed by atoms with Crippen LogP contribution in [0.2, 0.25) is 0 Å². The summed E-state index contributed by atoms with van der Waals surface area (Å²) in [4.78, 5) is 8.90. The minimum atomic E-state index is 0.537. The molecule has 1 aliphatic carbocycles. The predicted molar refractivity (Wildman–Crippen MR) is 80.1 cm³/mol. The van der Waals surface area contributed by atoms with Crippen LogP contribution in [0.4, 0.5) is 11.6 Å². The molecule has 0 atom stereocenters. The first-order valence-corrected chi connectivity index (χ1v) is 7.35. The van der Waals surface area contributed by atoms with Crippen LogP contribution in [0.3, 0.4) is 0 Å². The molecule has 0 bridgehead atoms. The third-order valence-electron chi connectivity index (χ3n) is 3.94. The Bertz CT molecular complexity index is 416. The SMILES string of the molecule is CC(C)C(CNc1cc(N)nc(C2CC2)n1)C(C)C. The molecule has 0 aromatic carbocycles. The lowest BCUT2D eigenvalue weighted by Crippen LogP contribution is -2.25. The van der Waals surface area contributed by atoms with Gasteiger partial charge in [-0.3, -0.25) is 0 Å². The normalized spacial score (nSPS) is 15.5. The molecule has 3 N–H and O–H groups in total. The zero-order valence-electron chi connectivity index (χ0n) is 12.5. The average Bonchev–Trinajstić information content (AvgIpc) is 3.11. The van der Waals surface area contributed by atoms with Gasteiger partial charge in [-0.25, -0.2) is 9.97 Å². The van der Waals surface area contributed by atoms with Crippen LogP contribution in [0.25, 0.3) is 0 Å². The zero-order valence-corrected chi connectivity index (χ0v) is 12.5. The molecule has 0 saturated heterocycles. The summed E-state index contributed by atoms with van der Waals surface area (Å²) in [7, 11) is 0. The summed E-state index contributed by atoms with van der Waals surface area (Å²) >= 11 is 0. The van der Waals surface area contributed by atoms with Crippen molar-refractivity contribution in [2.75, 3.05) is 17.6 Å². The molecule has 4 nitrogen and oxygen atoms in total. The van der Waals surface area contributed by atoms with Crippen LogP contribution in [0.15, 0.2) is 6.07 Å². The molecular weight excluding hydrogens is 236 g/mol. The van der Waals surface area contributed by atoms with Crippen LogP contribution in [0.5, 0.6) is 0 Å². The summed E-state index contributed by atoms with van der Waals surface area (Å²) in [5.41, 5.74) is 5.86. The molecular formula is C15H26N4. The van der Waals surface area contributed by atoms with Crippen molar-refractivity contribution in [3.63, 3.8) is 0 Å². The van der Waals surface area contributed by atoms with Gasteiger partial charge in [0.15, 0.2) is 0 Å². The fourth-order valence-electron chi connectivity index (χ4n) is 2.56. The third kappa shape index (κ3) is 3.82. The number of aromatic nitrogens is 2. The van der Waals surface area contributed by atoms with Gasteiger partial charge >= 0.3 is 0 Å². The fourth-order valence-corrected chi connectivity index (χ4v) is 2.56. The summed E-state index contributed by atoms with van der Waals surface area (Å²) in [5.74, 6) is 4.86. The van der Waals surface area contributed by atoms with Gasteiger partial charge in [0.1, 0.15) is 17.5 Å². The van der Waals surface area contributed by atoms with Crippen LogP contribution in [-0.4, -0.2) is 16.5 Å². The lowest BCUT2D eigenvalue weighted by atomic mass is 9.85. The largest absolute Gasteiger partial charge is 0.384 e. The van der Waals surface area contributed by atoms with E-state index in [-0.39, 0.29) is 0 Å². The van der Waals surface area contributed by atoms with Gasteiger partial charge in [-0.15, -0.1) is 0 Å². The maximum atomic E-state index is 5.86. The minimum Gasteiger partial charge on any atom is -0.384 e. The van der Waals surface area contributed by atoms with Crippen molar-refractivity contribution >= 4 is 11.6 Å². The molecule has 1 fully saturated rings. The first-order valence-electron chi connectivity index (χ1n) is 7.35. The van der Waals surface area contributed by atoms with Crippen molar-refractivity contribution in [1.29, 1.82) is 0 Å². The number of nitrogens with two attached hydrogens (primary N) is 1. The molecule has 2 rings (SSSR count). The maximum absolute atomic E-state index is 5.86. The number of hydrogen-bond acceptors (Lipinski definition) is 4. The van der Waals surface area contributed by atoms with Gasteiger partial charge in [-0.2, -0.15) is 0 Å². The molecule has 0 aliphatic heterocycles. The highest BCUT2D eigenvalue weighted by Gasteiger charge is 2.27. The van der Waals surface area contributed by atoms with Gasteiger partial charge in [0.2, 0.25) is 0 Å². The van der Waals surface area contributed by atoms with E-state index in [4.69, 9.17) is 5.73 Å². The molecule has 0 amide bonds. The number of anilines is 2. The molecule has 19 heavy (non-hydrogen) atoms. The second-order valence-electron chi connectivity index (χ2n) is 6.34. The van der Waals surface area contributed by atoms with Crippen LogP contribution >= 0.6 is 0 Å². The number of nitrogens with zero attached hydrogens (tertiary/aromatic N) is 2. The molecule has 1 aliphatic rings. The van der Waals surface area contributed by atoms with Gasteiger partial charge in [0.05, 0.1) is 0 Å². The lowest BCUT2D eigenvalue weighted by Gasteiger charge is -2.25. The molecule has 106 valence electrons. The van der Waals surface area contributed by atoms with E-state index in [1.165, 1.54) is 12.8 Å². The highest BCUT2D eigenvalue weighted by atomic mass is 15.1. The molecule has 1 aromatic heterocycles. The number of nitrogens with one attached hydrogen (secondary N) is 1. The van der Waals surface area contributed by atoms with Crippen molar-refractivity contribution in [2.45, 2.75) is 46.5 Å². The second-order valence-corrected chi connectivity index (χ2v) is 6.34. The summed E-state index contributed by atoms with van der Waals surface area (Å²) in [6.07, 6.45) is 2.40. The van der Waals surface area contributed by atoms with E-state index in [1.54, 1.807) is 0 Å². The van der Waals surface area contributed by atoms with Crippen molar-refractivity contribution < 1.29 is 0 Å². The van der Waals surface area contributed by atoms with Gasteiger partial charge in [-0.1, -0.05) is 27.7 Å². The Morgan fingerprint density at radius 3 is 2.37 bits per heavy atom. The minimum absolute atomic E-state index is 0.537. The van der Waals surface area contributed by atoms with Gasteiger partial charge in [0.25, 0.3) is 0 Å². The predicted octanol–water partition coefficient (Wildman–Crippen LogP) is 3.28. The van der Waals surface area contributed by atoms with E-state index in [2.05, 4.69) is 43.0 Å². The van der Waals surface area contributed by atoms with E-state index < -0.39 is 0 Å². The van der Waals surface area contributed by atoms with E-state index in [0.29, 0.717) is 29.5 Å². The molecule has 4 heteroatoms. The van der Waals surface area contributed by atoms with Gasteiger partial charge < -0.3 is 11.1 Å². The van der Waals surface area contributed by atoms with Gasteiger partial charge in [-0.05, 0) is 30.6 Å². The molecule has 1 aromatic rings. The highest BCUT2D eigenvalue weighted by molar-refractivity contribution is 5.45. The van der Waals surface area contributed by atoms with Crippen molar-refractivity contribution in [3.8, 4) is 0 Å². The summed E-state index contributed by atoms with van der Waals surface area (Å²) < 4.78 is 0. The summed E-state index contributed by atoms with van der Waals surface area (Å²) in [6, 6.07) is 1.84. The first-order chi connectivity index (χ1) is 8.97. The Hall–Kier alpha value is -1.32. The van der Waals surface area contributed by atoms with Gasteiger partial charge in [0, 0.05) is 18.5 Å². The van der Waals surface area contributed by atoms with Crippen LogP contribution in [0.1, 0.15) is 52.3 Å². The third-order valence-corrected chi connectivity index (χ3v) is 3.94. The molecule has 0 spiro atoms. The van der Waals surface area contributed by atoms with Crippen LogP contribution in [-0.2, 0) is 0 Å². The average molecular weight is 262 g/mol.